The zero-order chi connectivity index (χ0) is 25.8. The average Bonchev–Trinajstić information content (AvgIpc) is 3.26. The maximum absolute atomic E-state index is 15.6. The van der Waals surface area contributed by atoms with Gasteiger partial charge < -0.3 is 9.47 Å². The third-order valence-corrected chi connectivity index (χ3v) is 6.70. The first kappa shape index (κ1) is 24.1. The van der Waals surface area contributed by atoms with Crippen LogP contribution in [0.15, 0.2) is 29.1 Å². The molecular weight excluding hydrogens is 487 g/mol. The molecule has 36 heavy (non-hydrogen) atoms. The van der Waals surface area contributed by atoms with Gasteiger partial charge in [-0.15, -0.1) is 10.2 Å². The lowest BCUT2D eigenvalue weighted by Gasteiger charge is -2.34. The Labute approximate surface area is 201 Å². The zero-order valence-corrected chi connectivity index (χ0v) is 19.1. The lowest BCUT2D eigenvalue weighted by Crippen LogP contribution is -2.45. The van der Waals surface area contributed by atoms with Gasteiger partial charge in [-0.25, -0.2) is 5.10 Å². The van der Waals surface area contributed by atoms with Crippen molar-refractivity contribution in [2.45, 2.75) is 63.8 Å². The van der Waals surface area contributed by atoms with E-state index >= 15 is 8.78 Å². The fourth-order valence-corrected chi connectivity index (χ4v) is 4.87. The summed E-state index contributed by atoms with van der Waals surface area (Å²) < 4.78 is 71.8. The van der Waals surface area contributed by atoms with Gasteiger partial charge in [0, 0.05) is 29.3 Å². The third kappa shape index (κ3) is 3.95. The topological polar surface area (TPSA) is 96.8 Å². The van der Waals surface area contributed by atoms with E-state index in [0.29, 0.717) is 24.8 Å². The summed E-state index contributed by atoms with van der Waals surface area (Å²) in [6, 6.07) is 4.24. The van der Waals surface area contributed by atoms with E-state index in [4.69, 9.17) is 0 Å². The van der Waals surface area contributed by atoms with E-state index in [1.54, 1.807) is 6.92 Å². The van der Waals surface area contributed by atoms with E-state index in [9.17, 15) is 22.8 Å². The molecule has 3 aromatic rings. The second-order valence-electron chi connectivity index (χ2n) is 9.05. The third-order valence-electron chi connectivity index (χ3n) is 6.70. The molecule has 1 N–H and O–H groups in total. The lowest BCUT2D eigenvalue weighted by atomic mass is 9.88. The van der Waals surface area contributed by atoms with Crippen molar-refractivity contribution in [1.29, 1.82) is 0 Å². The minimum Gasteiger partial charge on any atom is -0.327 e. The molecule has 3 heterocycles. The van der Waals surface area contributed by atoms with Crippen LogP contribution in [0, 0.1) is 0 Å². The van der Waals surface area contributed by atoms with Crippen molar-refractivity contribution in [2.24, 2.45) is 0 Å². The number of aromatic nitrogens is 5. The van der Waals surface area contributed by atoms with Gasteiger partial charge in [0.25, 0.3) is 11.5 Å². The van der Waals surface area contributed by atoms with Crippen molar-refractivity contribution >= 4 is 5.91 Å². The largest absolute Gasteiger partial charge is 0.451 e. The highest BCUT2D eigenvalue weighted by atomic mass is 19.4. The fourth-order valence-electron chi connectivity index (χ4n) is 4.87. The summed E-state index contributed by atoms with van der Waals surface area (Å²) in [7, 11) is 0. The minimum atomic E-state index is -4.69. The number of carbonyl (C=O) groups is 1. The van der Waals surface area contributed by atoms with Crippen molar-refractivity contribution < 1.29 is 26.7 Å². The number of nitrogens with one attached hydrogen (secondary N) is 1. The fraction of sp³-hybridized carbons (Fsp3) is 0.435. The maximum atomic E-state index is 15.6. The second-order valence-corrected chi connectivity index (χ2v) is 9.05. The minimum absolute atomic E-state index is 0.0423. The highest BCUT2D eigenvalue weighted by Crippen LogP contribution is 2.38. The molecule has 0 saturated carbocycles. The van der Waals surface area contributed by atoms with E-state index in [0.717, 1.165) is 17.1 Å². The number of aromatic amines is 1. The highest BCUT2D eigenvalue weighted by Gasteiger charge is 2.43. The van der Waals surface area contributed by atoms with E-state index in [1.165, 1.54) is 23.1 Å². The number of amides is 1. The number of hydrogen-bond acceptors (Lipinski definition) is 5. The number of nitrogens with zero attached hydrogens (tertiary/aromatic N) is 5. The van der Waals surface area contributed by atoms with Crippen molar-refractivity contribution in [3.63, 3.8) is 0 Å². The number of fused-ring (bicyclic) bond motifs is 2. The Hall–Kier alpha value is -3.64. The van der Waals surface area contributed by atoms with Crippen molar-refractivity contribution in [3.05, 3.63) is 74.2 Å². The van der Waals surface area contributed by atoms with Crippen LogP contribution in [-0.4, -0.2) is 41.8 Å². The molecule has 0 unspecified atom stereocenters. The molecule has 2 aliphatic rings. The van der Waals surface area contributed by atoms with Gasteiger partial charge in [0.2, 0.25) is 5.82 Å². The number of rotatable bonds is 3. The zero-order valence-electron chi connectivity index (χ0n) is 19.1. The molecule has 1 aliphatic carbocycles. The van der Waals surface area contributed by atoms with Crippen LogP contribution >= 0.6 is 0 Å². The summed E-state index contributed by atoms with van der Waals surface area (Å²) >= 11 is 0. The standard InChI is InChI=1S/C23H21F5N6O2/c1-12-10-34-17(29-32-21(34)23(26,27)28)11-33(12)20(36)13-5-4-6-14(9-13)22(24,25)18-15-7-2-3-8-16(15)19(35)31-30-18/h4-6,9,12H,2-3,7-8,10-11H2,1H3,(H,31,35)/t12-/m0/s1. The molecule has 1 aromatic carbocycles. The summed E-state index contributed by atoms with van der Waals surface area (Å²) in [5.74, 6) is -5.40. The van der Waals surface area contributed by atoms with Crippen LogP contribution in [0.5, 0.6) is 0 Å². The Morgan fingerprint density at radius 3 is 2.53 bits per heavy atom. The van der Waals surface area contributed by atoms with E-state index in [-0.39, 0.29) is 30.0 Å². The first-order valence-corrected chi connectivity index (χ1v) is 11.4. The molecule has 0 saturated heterocycles. The molecule has 8 nitrogen and oxygen atoms in total. The van der Waals surface area contributed by atoms with Crippen LogP contribution in [-0.2, 0) is 38.0 Å². The van der Waals surface area contributed by atoms with E-state index in [1.807, 2.05) is 0 Å². The van der Waals surface area contributed by atoms with Gasteiger partial charge in [-0.3, -0.25) is 9.59 Å². The predicted molar refractivity (Wildman–Crippen MR) is 115 cm³/mol. The molecule has 1 aliphatic heterocycles. The van der Waals surface area contributed by atoms with Gasteiger partial charge in [-0.1, -0.05) is 12.1 Å². The highest BCUT2D eigenvalue weighted by molar-refractivity contribution is 5.94. The van der Waals surface area contributed by atoms with Crippen LogP contribution in [0.3, 0.4) is 0 Å². The summed E-state index contributed by atoms with van der Waals surface area (Å²) in [5, 5.41) is 12.6. The summed E-state index contributed by atoms with van der Waals surface area (Å²) in [5.41, 5.74) is -1.01. The van der Waals surface area contributed by atoms with Crippen LogP contribution in [0.2, 0.25) is 0 Å². The van der Waals surface area contributed by atoms with Gasteiger partial charge >= 0.3 is 12.1 Å². The van der Waals surface area contributed by atoms with Gasteiger partial charge in [-0.2, -0.15) is 27.1 Å². The summed E-state index contributed by atoms with van der Waals surface area (Å²) in [6.07, 6.45) is -2.61. The van der Waals surface area contributed by atoms with Gasteiger partial charge in [0.15, 0.2) is 5.82 Å². The number of benzene rings is 1. The van der Waals surface area contributed by atoms with E-state index < -0.39 is 46.7 Å². The quantitative estimate of drug-likeness (QED) is 0.547. The lowest BCUT2D eigenvalue weighted by molar-refractivity contribution is -0.148. The molecule has 0 radical (unpaired) electrons. The second kappa shape index (κ2) is 8.49. The Balaban J connectivity index is 1.46. The Morgan fingerprint density at radius 1 is 1.08 bits per heavy atom. The number of alkyl halides is 5. The first-order chi connectivity index (χ1) is 17.0. The molecule has 190 valence electrons. The van der Waals surface area contributed by atoms with Crippen molar-refractivity contribution in [2.75, 3.05) is 0 Å². The molecule has 2 aromatic heterocycles. The normalized spacial score (nSPS) is 18.1. The van der Waals surface area contributed by atoms with Crippen LogP contribution in [0.25, 0.3) is 0 Å². The number of halogens is 5. The summed E-state index contributed by atoms with van der Waals surface area (Å²) in [4.78, 5) is 26.6. The molecule has 5 rings (SSSR count). The smallest absolute Gasteiger partial charge is 0.327 e. The van der Waals surface area contributed by atoms with Gasteiger partial charge in [0.05, 0.1) is 6.54 Å². The van der Waals surface area contributed by atoms with Crippen molar-refractivity contribution in [3.8, 4) is 0 Å². The predicted octanol–water partition coefficient (Wildman–Crippen LogP) is 3.44. The Kier molecular flexibility index (Phi) is 5.67. The molecule has 1 atom stereocenters. The molecule has 0 spiro atoms. The number of H-pyrrole nitrogens is 1. The molecule has 1 amide bonds. The van der Waals surface area contributed by atoms with Gasteiger partial charge in [0.1, 0.15) is 5.69 Å². The SMILES string of the molecule is C[C@H]1Cn2c(nnc2C(F)(F)F)CN1C(=O)c1cccc(C(F)(F)c2n[nH]c(=O)c3c2CCCC3)c1. The molecule has 0 bridgehead atoms. The maximum Gasteiger partial charge on any atom is 0.451 e. The van der Waals surface area contributed by atoms with Crippen LogP contribution < -0.4 is 5.56 Å². The number of hydrogen-bond donors (Lipinski definition) is 1. The average molecular weight is 508 g/mol. The molecular formula is C23H21F5N6O2. The Bertz CT molecular complexity index is 1400. The van der Waals surface area contributed by atoms with Crippen LogP contribution in [0.4, 0.5) is 22.0 Å². The van der Waals surface area contributed by atoms with Crippen LogP contribution in [0.1, 0.15) is 64.2 Å². The Morgan fingerprint density at radius 2 is 1.81 bits per heavy atom. The monoisotopic (exact) mass is 508 g/mol. The first-order valence-electron chi connectivity index (χ1n) is 11.4. The number of carbonyl (C=O) groups excluding carboxylic acids is 1. The van der Waals surface area contributed by atoms with E-state index in [2.05, 4.69) is 20.4 Å². The van der Waals surface area contributed by atoms with Gasteiger partial charge in [-0.05, 0) is 50.3 Å². The van der Waals surface area contributed by atoms with Crippen molar-refractivity contribution in [1.82, 2.24) is 29.9 Å². The molecule has 13 heteroatoms. The summed E-state index contributed by atoms with van der Waals surface area (Å²) in [6.45, 7) is 1.13. The molecule has 0 fully saturated rings.